The molecule has 0 bridgehead atoms. The maximum atomic E-state index is 13.0. The number of alkyl halides is 3. The molecule has 0 saturated heterocycles. The Kier molecular flexibility index (Phi) is 3.34. The summed E-state index contributed by atoms with van der Waals surface area (Å²) >= 11 is 1.34. The maximum Gasteiger partial charge on any atom is 0.416 e. The Balaban J connectivity index is 1.88. The Hall–Kier alpha value is -2.92. The number of hydrogen-bond donors (Lipinski definition) is 0. The van der Waals surface area contributed by atoms with Gasteiger partial charge in [-0.15, -0.1) is 11.3 Å². The third-order valence-corrected chi connectivity index (χ3v) is 5.95. The van der Waals surface area contributed by atoms with Crippen LogP contribution in [-0.2, 0) is 6.18 Å². The first kappa shape index (κ1) is 16.3. The summed E-state index contributed by atoms with van der Waals surface area (Å²) in [5.41, 5.74) is -1.16. The molecule has 0 saturated carbocycles. The predicted octanol–water partition coefficient (Wildman–Crippen LogP) is 6.74. The fourth-order valence-electron chi connectivity index (χ4n) is 3.47. The van der Waals surface area contributed by atoms with Crippen LogP contribution in [-0.4, -0.2) is 0 Å². The summed E-state index contributed by atoms with van der Waals surface area (Å²) < 4.78 is 40.4. The molecule has 0 N–H and O–H groups in total. The second kappa shape index (κ2) is 5.54. The summed E-state index contributed by atoms with van der Waals surface area (Å²) in [6, 6.07) is 19.1. The lowest BCUT2D eigenvalue weighted by atomic mass is 10.0. The van der Waals surface area contributed by atoms with Crippen LogP contribution in [0.1, 0.15) is 5.56 Å². The van der Waals surface area contributed by atoms with E-state index in [1.54, 1.807) is 6.07 Å². The topological polar surface area (TPSA) is 17.1 Å². The van der Waals surface area contributed by atoms with E-state index in [4.69, 9.17) is 0 Å². The lowest BCUT2D eigenvalue weighted by molar-refractivity contribution is -0.137. The monoisotopic (exact) mass is 380 g/mol. The van der Waals surface area contributed by atoms with Gasteiger partial charge in [-0.3, -0.25) is 4.79 Å². The van der Waals surface area contributed by atoms with Crippen molar-refractivity contribution in [3.05, 3.63) is 82.5 Å². The zero-order valence-electron chi connectivity index (χ0n) is 13.8. The third kappa shape index (κ3) is 2.58. The van der Waals surface area contributed by atoms with Crippen LogP contribution in [0.5, 0.6) is 0 Å². The molecule has 1 heterocycles. The minimum absolute atomic E-state index is 0.113. The predicted molar refractivity (Wildman–Crippen MR) is 106 cm³/mol. The van der Waals surface area contributed by atoms with Crippen LogP contribution in [0.3, 0.4) is 0 Å². The van der Waals surface area contributed by atoms with Crippen LogP contribution in [0.4, 0.5) is 13.2 Å². The van der Waals surface area contributed by atoms with Crippen LogP contribution in [0.15, 0.2) is 71.5 Å². The number of hydrogen-bond acceptors (Lipinski definition) is 2. The van der Waals surface area contributed by atoms with Crippen molar-refractivity contribution in [3.63, 3.8) is 0 Å². The number of fused-ring (bicyclic) bond motifs is 4. The highest BCUT2D eigenvalue weighted by molar-refractivity contribution is 7.24. The van der Waals surface area contributed by atoms with E-state index in [0.29, 0.717) is 10.1 Å². The van der Waals surface area contributed by atoms with Gasteiger partial charge >= 0.3 is 6.18 Å². The molecule has 5 heteroatoms. The molecule has 4 aromatic carbocycles. The molecule has 0 aliphatic rings. The van der Waals surface area contributed by atoms with E-state index in [-0.39, 0.29) is 10.8 Å². The molecule has 0 unspecified atom stereocenters. The molecule has 5 rings (SSSR count). The normalized spacial score (nSPS) is 12.4. The molecule has 1 nitrogen and oxygen atoms in total. The molecule has 0 radical (unpaired) electrons. The Morgan fingerprint density at radius 1 is 0.667 bits per heavy atom. The maximum absolute atomic E-state index is 13.0. The molecule has 1 aromatic heterocycles. The highest BCUT2D eigenvalue weighted by atomic mass is 32.1. The summed E-state index contributed by atoms with van der Waals surface area (Å²) in [6.45, 7) is 0. The van der Waals surface area contributed by atoms with Gasteiger partial charge in [0.25, 0.3) is 0 Å². The molecule has 0 spiro atoms. The van der Waals surface area contributed by atoms with Crippen molar-refractivity contribution in [2.24, 2.45) is 0 Å². The van der Waals surface area contributed by atoms with E-state index in [0.717, 1.165) is 38.4 Å². The highest BCUT2D eigenvalue weighted by Gasteiger charge is 2.30. The van der Waals surface area contributed by atoms with Crippen molar-refractivity contribution in [1.82, 2.24) is 0 Å². The third-order valence-electron chi connectivity index (χ3n) is 4.82. The van der Waals surface area contributed by atoms with Gasteiger partial charge in [0.1, 0.15) is 0 Å². The second-order valence-corrected chi connectivity index (χ2v) is 7.62. The van der Waals surface area contributed by atoms with Gasteiger partial charge in [0, 0.05) is 20.2 Å². The van der Waals surface area contributed by atoms with Crippen molar-refractivity contribution >= 4 is 53.1 Å². The van der Waals surface area contributed by atoms with Gasteiger partial charge in [0.05, 0.1) is 5.56 Å². The average molecular weight is 380 g/mol. The first-order valence-electron chi connectivity index (χ1n) is 8.30. The molecular formula is C22H11F3OS. The van der Waals surface area contributed by atoms with Crippen LogP contribution >= 0.6 is 11.3 Å². The molecule has 0 amide bonds. The van der Waals surface area contributed by atoms with Crippen LogP contribution in [0.2, 0.25) is 0 Å². The largest absolute Gasteiger partial charge is 0.416 e. The summed E-state index contributed by atoms with van der Waals surface area (Å²) in [6.07, 6.45) is -4.47. The molecular weight excluding hydrogens is 369 g/mol. The summed E-state index contributed by atoms with van der Waals surface area (Å²) in [4.78, 5) is 12.9. The Morgan fingerprint density at radius 3 is 1.96 bits per heavy atom. The zero-order chi connectivity index (χ0) is 18.8. The van der Waals surface area contributed by atoms with Gasteiger partial charge in [-0.25, -0.2) is 0 Å². The van der Waals surface area contributed by atoms with Gasteiger partial charge in [0.15, 0.2) is 5.43 Å². The molecule has 0 fully saturated rings. The first-order valence-corrected chi connectivity index (χ1v) is 9.12. The molecule has 0 aliphatic heterocycles. The zero-order valence-corrected chi connectivity index (χ0v) is 14.6. The standard InChI is InChI=1S/C22H11F3OS/c23-22(24,25)16-5-6-19-18(11-16)21(26)17-9-14-7-12-3-1-2-4-13(12)8-15(14)10-20(17)27-19/h1-11H. The fourth-order valence-corrected chi connectivity index (χ4v) is 4.55. The Morgan fingerprint density at radius 2 is 1.30 bits per heavy atom. The molecule has 132 valence electrons. The second-order valence-electron chi connectivity index (χ2n) is 6.53. The van der Waals surface area contributed by atoms with Gasteiger partial charge in [-0.05, 0) is 64.0 Å². The van der Waals surface area contributed by atoms with Crippen molar-refractivity contribution < 1.29 is 13.2 Å². The van der Waals surface area contributed by atoms with Crippen molar-refractivity contribution in [2.75, 3.05) is 0 Å². The van der Waals surface area contributed by atoms with E-state index in [1.165, 1.54) is 17.4 Å². The van der Waals surface area contributed by atoms with E-state index in [2.05, 4.69) is 6.07 Å². The van der Waals surface area contributed by atoms with Gasteiger partial charge in [-0.2, -0.15) is 13.2 Å². The minimum Gasteiger partial charge on any atom is -0.289 e. The molecule has 0 atom stereocenters. The minimum atomic E-state index is -4.47. The van der Waals surface area contributed by atoms with Crippen LogP contribution in [0, 0.1) is 0 Å². The van der Waals surface area contributed by atoms with Crippen molar-refractivity contribution in [3.8, 4) is 0 Å². The lowest BCUT2D eigenvalue weighted by Gasteiger charge is -2.09. The molecule has 5 aromatic rings. The fraction of sp³-hybridized carbons (Fsp3) is 0.0455. The molecule has 27 heavy (non-hydrogen) atoms. The van der Waals surface area contributed by atoms with Crippen molar-refractivity contribution in [1.29, 1.82) is 0 Å². The molecule has 0 aliphatic carbocycles. The lowest BCUT2D eigenvalue weighted by Crippen LogP contribution is -2.07. The van der Waals surface area contributed by atoms with Gasteiger partial charge in [-0.1, -0.05) is 24.3 Å². The highest BCUT2D eigenvalue weighted by Crippen LogP contribution is 2.34. The van der Waals surface area contributed by atoms with E-state index in [1.807, 2.05) is 36.4 Å². The average Bonchev–Trinajstić information content (AvgIpc) is 2.64. The van der Waals surface area contributed by atoms with Crippen LogP contribution in [0.25, 0.3) is 41.7 Å². The first-order chi connectivity index (χ1) is 12.9. The SMILES string of the molecule is O=c1c2cc(C(F)(F)F)ccc2sc2cc3cc4ccccc4cc3cc12. The summed E-state index contributed by atoms with van der Waals surface area (Å²) in [5, 5.41) is 4.63. The summed E-state index contributed by atoms with van der Waals surface area (Å²) in [7, 11) is 0. The number of halogens is 3. The van der Waals surface area contributed by atoms with E-state index < -0.39 is 11.7 Å². The Bertz CT molecular complexity index is 1430. The van der Waals surface area contributed by atoms with Gasteiger partial charge < -0.3 is 0 Å². The van der Waals surface area contributed by atoms with E-state index >= 15 is 0 Å². The Labute approximate surface area is 155 Å². The number of benzene rings is 4. The number of rotatable bonds is 0. The van der Waals surface area contributed by atoms with Crippen molar-refractivity contribution in [2.45, 2.75) is 6.18 Å². The van der Waals surface area contributed by atoms with Crippen LogP contribution < -0.4 is 5.43 Å². The van der Waals surface area contributed by atoms with Gasteiger partial charge in [0.2, 0.25) is 0 Å². The van der Waals surface area contributed by atoms with E-state index in [9.17, 15) is 18.0 Å². The summed E-state index contributed by atoms with van der Waals surface area (Å²) in [5.74, 6) is 0. The smallest absolute Gasteiger partial charge is 0.289 e. The quantitative estimate of drug-likeness (QED) is 0.272.